The lowest BCUT2D eigenvalue weighted by Gasteiger charge is -2.54. The fourth-order valence-corrected chi connectivity index (χ4v) is 4.46. The fourth-order valence-electron chi connectivity index (χ4n) is 3.81. The Morgan fingerprint density at radius 2 is 2.15 bits per heavy atom. The second-order valence-corrected chi connectivity index (χ2v) is 8.50. The van der Waals surface area contributed by atoms with Crippen molar-refractivity contribution < 1.29 is 0 Å². The van der Waals surface area contributed by atoms with Crippen LogP contribution in [0.1, 0.15) is 17.7 Å². The first kappa shape index (κ1) is 18.1. The van der Waals surface area contributed by atoms with Gasteiger partial charge < -0.3 is 20.4 Å². The third kappa shape index (κ3) is 3.74. The third-order valence-corrected chi connectivity index (χ3v) is 5.88. The number of anilines is 3. The Hall–Kier alpha value is -2.28. The van der Waals surface area contributed by atoms with Crippen molar-refractivity contribution >= 4 is 28.3 Å². The van der Waals surface area contributed by atoms with E-state index in [2.05, 4.69) is 42.9 Å². The van der Waals surface area contributed by atoms with Crippen molar-refractivity contribution in [3.05, 3.63) is 23.5 Å². The molecule has 4 heterocycles. The second-order valence-electron chi connectivity index (χ2n) is 7.69. The van der Waals surface area contributed by atoms with Crippen LogP contribution in [0.4, 0.5) is 16.8 Å². The van der Waals surface area contributed by atoms with Gasteiger partial charge in [0.2, 0.25) is 5.95 Å². The highest BCUT2D eigenvalue weighted by atomic mass is 32.1. The Kier molecular flexibility index (Phi) is 4.72. The molecule has 0 bridgehead atoms. The fraction of sp³-hybridized carbons (Fsp3) is 0.556. The number of hydrogen-bond acceptors (Lipinski definition) is 9. The van der Waals surface area contributed by atoms with Crippen LogP contribution in [0.15, 0.2) is 12.3 Å². The number of nitrogens with zero attached hydrogens (tertiary/aromatic N) is 6. The maximum absolute atomic E-state index is 9.28. The molecule has 8 nitrogen and oxygen atoms in total. The van der Waals surface area contributed by atoms with Crippen LogP contribution in [0.25, 0.3) is 0 Å². The van der Waals surface area contributed by atoms with Gasteiger partial charge in [-0.3, -0.25) is 0 Å². The first-order valence-corrected chi connectivity index (χ1v) is 9.86. The first-order chi connectivity index (χ1) is 13.0. The number of nitrogens with one attached hydrogen (secondary N) is 2. The zero-order valence-corrected chi connectivity index (χ0v) is 16.7. The molecule has 2 aliphatic heterocycles. The summed E-state index contributed by atoms with van der Waals surface area (Å²) in [6, 6.07) is 4.81. The molecule has 0 saturated carbocycles. The van der Waals surface area contributed by atoms with Gasteiger partial charge in [-0.1, -0.05) is 0 Å². The van der Waals surface area contributed by atoms with E-state index < -0.39 is 0 Å². The minimum atomic E-state index is -0.138. The number of aromatic nitrogens is 3. The lowest BCUT2D eigenvalue weighted by Crippen LogP contribution is -2.74. The highest BCUT2D eigenvalue weighted by Gasteiger charge is 2.46. The van der Waals surface area contributed by atoms with Gasteiger partial charge in [-0.2, -0.15) is 14.6 Å². The normalized spacial score (nSPS) is 19.3. The van der Waals surface area contributed by atoms with Gasteiger partial charge in [-0.05, 0) is 38.5 Å². The van der Waals surface area contributed by atoms with E-state index in [4.69, 9.17) is 4.98 Å². The molecule has 27 heavy (non-hydrogen) atoms. The van der Waals surface area contributed by atoms with Gasteiger partial charge in [0.05, 0.1) is 23.7 Å². The van der Waals surface area contributed by atoms with E-state index in [0.717, 1.165) is 48.3 Å². The summed E-state index contributed by atoms with van der Waals surface area (Å²) >= 11 is 1.40. The van der Waals surface area contributed by atoms with Gasteiger partial charge in [0.1, 0.15) is 10.8 Å². The lowest BCUT2D eigenvalue weighted by molar-refractivity contribution is 0.111. The Balaban J connectivity index is 1.45. The van der Waals surface area contributed by atoms with Gasteiger partial charge >= 0.3 is 0 Å². The minimum absolute atomic E-state index is 0.138. The summed E-state index contributed by atoms with van der Waals surface area (Å²) in [7, 11) is 2.12. The van der Waals surface area contributed by atoms with Crippen LogP contribution in [0.3, 0.4) is 0 Å². The molecule has 0 amide bonds. The average Bonchev–Trinajstić information content (AvgIpc) is 2.97. The maximum atomic E-state index is 9.28. The molecule has 142 valence electrons. The largest absolute Gasteiger partial charge is 0.352 e. The Labute approximate surface area is 163 Å². The molecular formula is C18H24N8S. The predicted octanol–water partition coefficient (Wildman–Crippen LogP) is 1.67. The number of nitriles is 1. The molecule has 2 saturated heterocycles. The highest BCUT2D eigenvalue weighted by molar-refractivity contribution is 7.10. The number of aryl methyl sites for hydroxylation is 2. The van der Waals surface area contributed by atoms with E-state index in [1.807, 2.05) is 26.1 Å². The summed E-state index contributed by atoms with van der Waals surface area (Å²) < 4.78 is 4.27. The predicted molar refractivity (Wildman–Crippen MR) is 106 cm³/mol. The summed E-state index contributed by atoms with van der Waals surface area (Å²) in [6.45, 7) is 7.65. The molecule has 2 aliphatic rings. The number of likely N-dealkylation sites (N-methyl/N-ethyl adjacent to an activating group) is 1. The van der Waals surface area contributed by atoms with Crippen LogP contribution >= 0.6 is 11.5 Å². The summed E-state index contributed by atoms with van der Waals surface area (Å²) in [5.41, 5.74) is 1.88. The quantitative estimate of drug-likeness (QED) is 0.777. The van der Waals surface area contributed by atoms with Crippen molar-refractivity contribution in [3.63, 3.8) is 0 Å². The van der Waals surface area contributed by atoms with E-state index in [9.17, 15) is 5.26 Å². The molecule has 4 rings (SSSR count). The van der Waals surface area contributed by atoms with Crippen molar-refractivity contribution in [2.45, 2.75) is 31.8 Å². The van der Waals surface area contributed by atoms with E-state index in [1.54, 1.807) is 0 Å². The Morgan fingerprint density at radius 1 is 1.37 bits per heavy atom. The molecule has 2 N–H and O–H groups in total. The van der Waals surface area contributed by atoms with Gasteiger partial charge in [-0.25, -0.2) is 4.98 Å². The van der Waals surface area contributed by atoms with E-state index in [0.29, 0.717) is 18.4 Å². The van der Waals surface area contributed by atoms with Crippen molar-refractivity contribution in [2.24, 2.45) is 0 Å². The number of rotatable bonds is 6. The number of likely N-dealkylation sites (tertiary alicyclic amines) is 1. The lowest BCUT2D eigenvalue weighted by atomic mass is 9.84. The van der Waals surface area contributed by atoms with Crippen molar-refractivity contribution in [3.8, 4) is 6.07 Å². The molecule has 2 aromatic rings. The molecule has 2 aromatic heterocycles. The molecule has 2 fully saturated rings. The molecule has 9 heteroatoms. The monoisotopic (exact) mass is 384 g/mol. The van der Waals surface area contributed by atoms with Crippen molar-refractivity contribution in [1.82, 2.24) is 24.6 Å². The van der Waals surface area contributed by atoms with Crippen LogP contribution in [-0.4, -0.2) is 64.0 Å². The van der Waals surface area contributed by atoms with Gasteiger partial charge in [0.15, 0.2) is 0 Å². The summed E-state index contributed by atoms with van der Waals surface area (Å²) in [4.78, 5) is 13.6. The number of hydrogen-bond donors (Lipinski definition) is 2. The Morgan fingerprint density at radius 3 is 2.78 bits per heavy atom. The van der Waals surface area contributed by atoms with Crippen LogP contribution < -0.4 is 15.5 Å². The van der Waals surface area contributed by atoms with Gasteiger partial charge in [0, 0.05) is 44.0 Å². The summed E-state index contributed by atoms with van der Waals surface area (Å²) in [6.07, 6.45) is 2.36. The van der Waals surface area contributed by atoms with E-state index in [-0.39, 0.29) is 5.54 Å². The molecule has 0 atom stereocenters. The zero-order chi connectivity index (χ0) is 19.0. The highest BCUT2D eigenvalue weighted by Crippen LogP contribution is 2.32. The molecule has 0 radical (unpaired) electrons. The van der Waals surface area contributed by atoms with Crippen LogP contribution in [0.5, 0.6) is 0 Å². The van der Waals surface area contributed by atoms with E-state index in [1.165, 1.54) is 11.5 Å². The van der Waals surface area contributed by atoms with E-state index >= 15 is 0 Å². The first-order valence-electron chi connectivity index (χ1n) is 9.08. The standard InChI is InChI=1S/C18H24N8S/c1-12-7-20-17(21-15-6-13(2)24-27-15)22-16(12)26-10-18(11-26,4-5-19)23-14-8-25(3)9-14/h6-7,14,23H,4,8-11H2,1-3H3,(H,20,21,22). The van der Waals surface area contributed by atoms with Crippen molar-refractivity contribution in [2.75, 3.05) is 43.4 Å². The smallest absolute Gasteiger partial charge is 0.229 e. The summed E-state index contributed by atoms with van der Waals surface area (Å²) in [5, 5.41) is 17.1. The molecule has 0 aromatic carbocycles. The second kappa shape index (κ2) is 7.03. The third-order valence-electron chi connectivity index (χ3n) is 5.09. The van der Waals surface area contributed by atoms with Crippen LogP contribution in [-0.2, 0) is 0 Å². The maximum Gasteiger partial charge on any atom is 0.229 e. The topological polar surface area (TPSA) is 93.0 Å². The minimum Gasteiger partial charge on any atom is -0.352 e. The van der Waals surface area contributed by atoms with Gasteiger partial charge in [0.25, 0.3) is 0 Å². The van der Waals surface area contributed by atoms with Crippen LogP contribution in [0.2, 0.25) is 0 Å². The molecule has 0 spiro atoms. The summed E-state index contributed by atoms with van der Waals surface area (Å²) in [5.74, 6) is 1.50. The molecular weight excluding hydrogens is 360 g/mol. The SMILES string of the molecule is Cc1cc(Nc2ncc(C)c(N3CC(CC#N)(NC4CN(C)C4)C3)n2)sn1. The van der Waals surface area contributed by atoms with Gasteiger partial charge in [-0.15, -0.1) is 0 Å². The Bertz CT molecular complexity index is 860. The van der Waals surface area contributed by atoms with Crippen molar-refractivity contribution in [1.29, 1.82) is 5.26 Å². The molecule has 0 aliphatic carbocycles. The van der Waals surface area contributed by atoms with Crippen LogP contribution in [0, 0.1) is 25.2 Å². The average molecular weight is 385 g/mol. The zero-order valence-electron chi connectivity index (χ0n) is 15.9. The molecule has 0 unspecified atom stereocenters.